The molecule has 0 aliphatic heterocycles. The van der Waals surface area contributed by atoms with Crippen LogP contribution in [0.5, 0.6) is 0 Å². The molecule has 100 valence electrons. The Bertz CT molecular complexity index is 405. The SMILES string of the molecule is CC(C)CCCCNC(=O)c1ccc(N)c(F)c1. The van der Waals surface area contributed by atoms with Crippen LogP contribution in [0.1, 0.15) is 43.5 Å². The Hall–Kier alpha value is -1.58. The van der Waals surface area contributed by atoms with E-state index in [9.17, 15) is 9.18 Å². The fourth-order valence-corrected chi connectivity index (χ4v) is 1.65. The summed E-state index contributed by atoms with van der Waals surface area (Å²) in [6.07, 6.45) is 3.20. The fourth-order valence-electron chi connectivity index (χ4n) is 1.65. The Morgan fingerprint density at radius 3 is 2.72 bits per heavy atom. The van der Waals surface area contributed by atoms with Crippen LogP contribution in [0.2, 0.25) is 0 Å². The van der Waals surface area contributed by atoms with E-state index in [2.05, 4.69) is 19.2 Å². The van der Waals surface area contributed by atoms with E-state index in [1.165, 1.54) is 18.2 Å². The number of nitrogens with two attached hydrogens (primary N) is 1. The lowest BCUT2D eigenvalue weighted by atomic mass is 10.1. The third-order valence-electron chi connectivity index (χ3n) is 2.76. The quantitative estimate of drug-likeness (QED) is 0.604. The molecule has 4 heteroatoms. The van der Waals surface area contributed by atoms with E-state index in [1.54, 1.807) is 0 Å². The van der Waals surface area contributed by atoms with Gasteiger partial charge in [0.2, 0.25) is 0 Å². The van der Waals surface area contributed by atoms with Crippen molar-refractivity contribution >= 4 is 11.6 Å². The molecule has 0 heterocycles. The average molecular weight is 252 g/mol. The topological polar surface area (TPSA) is 55.1 Å². The number of carbonyl (C=O) groups is 1. The Morgan fingerprint density at radius 2 is 2.11 bits per heavy atom. The van der Waals surface area contributed by atoms with Gasteiger partial charge in [-0.25, -0.2) is 4.39 Å². The van der Waals surface area contributed by atoms with Gasteiger partial charge in [-0.05, 0) is 30.5 Å². The molecule has 3 N–H and O–H groups in total. The minimum absolute atomic E-state index is 0.0588. The van der Waals surface area contributed by atoms with Crippen molar-refractivity contribution in [3.8, 4) is 0 Å². The summed E-state index contributed by atoms with van der Waals surface area (Å²) in [6.45, 7) is 4.98. The number of carbonyl (C=O) groups excluding carboxylic acids is 1. The molecule has 0 aromatic heterocycles. The van der Waals surface area contributed by atoms with Gasteiger partial charge >= 0.3 is 0 Å². The number of benzene rings is 1. The number of unbranched alkanes of at least 4 members (excludes halogenated alkanes) is 1. The monoisotopic (exact) mass is 252 g/mol. The van der Waals surface area contributed by atoms with Crippen LogP contribution in [0, 0.1) is 11.7 Å². The smallest absolute Gasteiger partial charge is 0.251 e. The van der Waals surface area contributed by atoms with E-state index < -0.39 is 5.82 Å². The summed E-state index contributed by atoms with van der Waals surface area (Å²) >= 11 is 0. The van der Waals surface area contributed by atoms with Gasteiger partial charge in [0.25, 0.3) is 5.91 Å². The zero-order valence-corrected chi connectivity index (χ0v) is 11.0. The molecule has 0 fully saturated rings. The van der Waals surface area contributed by atoms with E-state index in [4.69, 9.17) is 5.73 Å². The van der Waals surface area contributed by atoms with Gasteiger partial charge in [0.05, 0.1) is 5.69 Å². The average Bonchev–Trinajstić information content (AvgIpc) is 2.31. The Morgan fingerprint density at radius 1 is 1.39 bits per heavy atom. The largest absolute Gasteiger partial charge is 0.396 e. The van der Waals surface area contributed by atoms with E-state index in [0.717, 1.165) is 19.3 Å². The second-order valence-electron chi connectivity index (χ2n) is 4.88. The van der Waals surface area contributed by atoms with Gasteiger partial charge in [0, 0.05) is 12.1 Å². The van der Waals surface area contributed by atoms with Crippen LogP contribution in [0.25, 0.3) is 0 Å². The Kier molecular flexibility index (Phi) is 5.62. The number of hydrogen-bond acceptors (Lipinski definition) is 2. The Labute approximate surface area is 108 Å². The van der Waals surface area contributed by atoms with Gasteiger partial charge < -0.3 is 11.1 Å². The maximum absolute atomic E-state index is 13.2. The lowest BCUT2D eigenvalue weighted by Crippen LogP contribution is -2.24. The standard InChI is InChI=1S/C14H21FN2O/c1-10(2)5-3-4-8-17-14(18)11-6-7-13(16)12(15)9-11/h6-7,9-10H,3-5,8,16H2,1-2H3,(H,17,18). The van der Waals surface area contributed by atoms with Crippen LogP contribution < -0.4 is 11.1 Å². The third-order valence-corrected chi connectivity index (χ3v) is 2.76. The first kappa shape index (κ1) is 14.5. The third kappa shape index (κ3) is 4.73. The molecule has 0 saturated heterocycles. The molecule has 0 unspecified atom stereocenters. The molecule has 18 heavy (non-hydrogen) atoms. The van der Waals surface area contributed by atoms with Gasteiger partial charge in [0.15, 0.2) is 0 Å². The molecule has 1 amide bonds. The summed E-state index contributed by atoms with van der Waals surface area (Å²) in [5, 5.41) is 2.77. The summed E-state index contributed by atoms with van der Waals surface area (Å²) in [6, 6.07) is 4.10. The van der Waals surface area contributed by atoms with E-state index in [0.29, 0.717) is 18.0 Å². The molecular weight excluding hydrogens is 231 g/mol. The predicted octanol–water partition coefficient (Wildman–Crippen LogP) is 2.96. The second kappa shape index (κ2) is 6.99. The minimum Gasteiger partial charge on any atom is -0.396 e. The number of amides is 1. The van der Waals surface area contributed by atoms with Gasteiger partial charge in [-0.15, -0.1) is 0 Å². The molecule has 1 aromatic rings. The van der Waals surface area contributed by atoms with Crippen LogP contribution in [-0.2, 0) is 0 Å². The molecule has 1 aromatic carbocycles. The first-order valence-electron chi connectivity index (χ1n) is 6.34. The van der Waals surface area contributed by atoms with Gasteiger partial charge in [-0.3, -0.25) is 4.79 Å². The number of nitrogens with one attached hydrogen (secondary N) is 1. The predicted molar refractivity (Wildman–Crippen MR) is 71.8 cm³/mol. The van der Waals surface area contributed by atoms with Crippen LogP contribution in [0.15, 0.2) is 18.2 Å². The molecule has 0 spiro atoms. The van der Waals surface area contributed by atoms with Crippen molar-refractivity contribution in [2.24, 2.45) is 5.92 Å². The Balaban J connectivity index is 2.34. The van der Waals surface area contributed by atoms with E-state index in [-0.39, 0.29) is 11.6 Å². The molecule has 0 radical (unpaired) electrons. The van der Waals surface area contributed by atoms with Crippen LogP contribution in [-0.4, -0.2) is 12.5 Å². The normalized spacial score (nSPS) is 10.7. The first-order valence-corrected chi connectivity index (χ1v) is 6.34. The lowest BCUT2D eigenvalue weighted by molar-refractivity contribution is 0.0952. The van der Waals surface area contributed by atoms with Gasteiger partial charge in [0.1, 0.15) is 5.82 Å². The number of hydrogen-bond donors (Lipinski definition) is 2. The molecule has 0 atom stereocenters. The highest BCUT2D eigenvalue weighted by Gasteiger charge is 2.07. The van der Waals surface area contributed by atoms with E-state index in [1.807, 2.05) is 0 Å². The summed E-state index contributed by atoms with van der Waals surface area (Å²) < 4.78 is 13.2. The fraction of sp³-hybridized carbons (Fsp3) is 0.500. The van der Waals surface area contributed by atoms with Crippen molar-refractivity contribution in [2.45, 2.75) is 33.1 Å². The molecule has 0 saturated carbocycles. The summed E-state index contributed by atoms with van der Waals surface area (Å²) in [7, 11) is 0. The molecule has 0 bridgehead atoms. The molecule has 0 aliphatic carbocycles. The van der Waals surface area contributed by atoms with Crippen molar-refractivity contribution in [2.75, 3.05) is 12.3 Å². The van der Waals surface area contributed by atoms with Crippen molar-refractivity contribution < 1.29 is 9.18 Å². The maximum atomic E-state index is 13.2. The van der Waals surface area contributed by atoms with Crippen LogP contribution in [0.3, 0.4) is 0 Å². The maximum Gasteiger partial charge on any atom is 0.251 e. The lowest BCUT2D eigenvalue weighted by Gasteiger charge is -2.07. The first-order chi connectivity index (χ1) is 8.50. The number of nitrogen functional groups attached to an aromatic ring is 1. The van der Waals surface area contributed by atoms with Gasteiger partial charge in [-0.1, -0.05) is 26.7 Å². The molecule has 0 aliphatic rings. The van der Waals surface area contributed by atoms with Crippen molar-refractivity contribution in [1.82, 2.24) is 5.32 Å². The molecular formula is C14H21FN2O. The van der Waals surface area contributed by atoms with Crippen molar-refractivity contribution in [1.29, 1.82) is 0 Å². The number of rotatable bonds is 6. The van der Waals surface area contributed by atoms with Crippen molar-refractivity contribution in [3.05, 3.63) is 29.6 Å². The highest BCUT2D eigenvalue weighted by molar-refractivity contribution is 5.94. The zero-order valence-electron chi connectivity index (χ0n) is 11.0. The number of halogens is 1. The second-order valence-corrected chi connectivity index (χ2v) is 4.88. The summed E-state index contributed by atoms with van der Waals surface area (Å²) in [5.74, 6) is -0.118. The van der Waals surface area contributed by atoms with Crippen molar-refractivity contribution in [3.63, 3.8) is 0 Å². The molecule has 1 rings (SSSR count). The number of anilines is 1. The van der Waals surface area contributed by atoms with Gasteiger partial charge in [-0.2, -0.15) is 0 Å². The summed E-state index contributed by atoms with van der Waals surface area (Å²) in [5.41, 5.74) is 5.72. The summed E-state index contributed by atoms with van der Waals surface area (Å²) in [4.78, 5) is 11.7. The van der Waals surface area contributed by atoms with E-state index >= 15 is 0 Å². The van der Waals surface area contributed by atoms with Crippen LogP contribution >= 0.6 is 0 Å². The van der Waals surface area contributed by atoms with Crippen LogP contribution in [0.4, 0.5) is 10.1 Å². The molecule has 3 nitrogen and oxygen atoms in total. The minimum atomic E-state index is -0.553. The highest BCUT2D eigenvalue weighted by Crippen LogP contribution is 2.12. The highest BCUT2D eigenvalue weighted by atomic mass is 19.1. The zero-order chi connectivity index (χ0) is 13.5.